The van der Waals surface area contributed by atoms with Crippen LogP contribution in [0, 0.1) is 0 Å². The van der Waals surface area contributed by atoms with Crippen LogP contribution in [0.5, 0.6) is 0 Å². The molecule has 0 spiro atoms. The smallest absolute Gasteiger partial charge is 0.288 e. The second-order valence-corrected chi connectivity index (χ2v) is 6.54. The number of carbonyl (C=O) groups excluding carboxylic acids is 1. The molecular formula is C16H19Cl2N5O. The lowest BCUT2D eigenvalue weighted by Crippen LogP contribution is -2.42. The van der Waals surface area contributed by atoms with E-state index in [0.717, 1.165) is 35.0 Å². The van der Waals surface area contributed by atoms with Crippen LogP contribution in [0.25, 0.3) is 10.9 Å². The second-order valence-electron chi connectivity index (χ2n) is 5.76. The Labute approximate surface area is 150 Å². The monoisotopic (exact) mass is 367 g/mol. The highest BCUT2D eigenvalue weighted by Crippen LogP contribution is 2.33. The fourth-order valence-electron chi connectivity index (χ4n) is 2.78. The molecule has 0 aliphatic carbocycles. The molecule has 1 aliphatic heterocycles. The lowest BCUT2D eigenvalue weighted by Gasteiger charge is -2.10. The second kappa shape index (κ2) is 7.01. The van der Waals surface area contributed by atoms with Crippen LogP contribution < -0.4 is 10.7 Å². The number of amides is 1. The number of aliphatic imine (C=N–C) groups is 1. The van der Waals surface area contributed by atoms with Crippen LogP contribution in [0.15, 0.2) is 17.1 Å². The Balaban J connectivity index is 1.86. The van der Waals surface area contributed by atoms with Crippen molar-refractivity contribution < 1.29 is 4.79 Å². The number of carbonyl (C=O) groups is 1. The van der Waals surface area contributed by atoms with Crippen LogP contribution >= 0.6 is 23.2 Å². The Hall–Kier alpha value is -1.76. The molecule has 3 rings (SSSR count). The van der Waals surface area contributed by atoms with E-state index in [1.807, 2.05) is 13.1 Å². The summed E-state index contributed by atoms with van der Waals surface area (Å²) >= 11 is 12.4. The molecule has 1 amide bonds. The van der Waals surface area contributed by atoms with Crippen molar-refractivity contribution in [2.24, 2.45) is 4.99 Å². The molecule has 1 aromatic carbocycles. The van der Waals surface area contributed by atoms with Crippen molar-refractivity contribution in [2.75, 3.05) is 13.7 Å². The molecule has 0 saturated carbocycles. The maximum absolute atomic E-state index is 12.2. The van der Waals surface area contributed by atoms with Gasteiger partial charge in [0.1, 0.15) is 6.67 Å². The zero-order valence-electron chi connectivity index (χ0n) is 13.5. The summed E-state index contributed by atoms with van der Waals surface area (Å²) in [5, 5.41) is 6.65. The predicted molar refractivity (Wildman–Crippen MR) is 97.4 cm³/mol. The Bertz CT molecular complexity index is 814. The Kier molecular flexibility index (Phi) is 4.99. The number of aromatic amines is 1. The van der Waals surface area contributed by atoms with Crippen molar-refractivity contribution in [3.63, 3.8) is 0 Å². The minimum absolute atomic E-state index is 0.226. The van der Waals surface area contributed by atoms with E-state index in [0.29, 0.717) is 29.1 Å². The van der Waals surface area contributed by atoms with E-state index >= 15 is 0 Å². The maximum atomic E-state index is 12.2. The van der Waals surface area contributed by atoms with Crippen LogP contribution in [0.1, 0.15) is 24.6 Å². The summed E-state index contributed by atoms with van der Waals surface area (Å²) in [6, 6.07) is 3.71. The van der Waals surface area contributed by atoms with E-state index in [2.05, 4.69) is 27.6 Å². The summed E-state index contributed by atoms with van der Waals surface area (Å²) in [4.78, 5) is 19.7. The summed E-state index contributed by atoms with van der Waals surface area (Å²) in [7, 11) is 1.83. The van der Waals surface area contributed by atoms with E-state index in [4.69, 9.17) is 23.2 Å². The quantitative estimate of drug-likeness (QED) is 0.760. The molecule has 2 heterocycles. The third-order valence-electron chi connectivity index (χ3n) is 3.94. The first-order valence-corrected chi connectivity index (χ1v) is 8.54. The van der Waals surface area contributed by atoms with Crippen molar-refractivity contribution in [1.82, 2.24) is 20.7 Å². The molecule has 0 saturated heterocycles. The molecule has 128 valence electrons. The Morgan fingerprint density at radius 2 is 2.21 bits per heavy atom. The van der Waals surface area contributed by atoms with Gasteiger partial charge in [-0.15, -0.1) is 0 Å². The van der Waals surface area contributed by atoms with Crippen LogP contribution in [0.3, 0.4) is 0 Å². The van der Waals surface area contributed by atoms with Gasteiger partial charge < -0.3 is 10.3 Å². The lowest BCUT2D eigenvalue weighted by molar-refractivity contribution is -0.115. The minimum atomic E-state index is -0.226. The summed E-state index contributed by atoms with van der Waals surface area (Å²) in [5.41, 5.74) is 5.81. The maximum Gasteiger partial charge on any atom is 0.288 e. The molecular weight excluding hydrogens is 349 g/mol. The van der Waals surface area contributed by atoms with Gasteiger partial charge in [0.25, 0.3) is 5.91 Å². The number of hydrogen-bond donors (Lipinski definition) is 3. The number of nitrogens with one attached hydrogen (secondary N) is 3. The average Bonchev–Trinajstić information content (AvgIpc) is 3.13. The van der Waals surface area contributed by atoms with Gasteiger partial charge in [0.05, 0.1) is 15.6 Å². The van der Waals surface area contributed by atoms with Crippen LogP contribution in [0.4, 0.5) is 0 Å². The van der Waals surface area contributed by atoms with E-state index < -0.39 is 0 Å². The van der Waals surface area contributed by atoms with Gasteiger partial charge in [-0.2, -0.15) is 0 Å². The number of hydrogen-bond acceptors (Lipinski definition) is 4. The number of hydrazine groups is 1. The van der Waals surface area contributed by atoms with Crippen molar-refractivity contribution in [1.29, 1.82) is 0 Å². The van der Waals surface area contributed by atoms with Gasteiger partial charge in [-0.25, -0.2) is 10.0 Å². The van der Waals surface area contributed by atoms with E-state index in [-0.39, 0.29) is 5.91 Å². The van der Waals surface area contributed by atoms with Crippen molar-refractivity contribution in [3.05, 3.63) is 33.4 Å². The van der Waals surface area contributed by atoms with Gasteiger partial charge in [-0.1, -0.05) is 42.6 Å². The standard InChI is InChI=1S/C16H19Cl2N5O/c1-3-4-12-10(7-19-16(24)15-20-8-23(2)22-15)9-5-6-11(17)13(18)14(9)21-12/h5-6,21H,3-4,7-8H2,1-2H3,(H,19,24)(H,20,22). The number of nitrogens with zero attached hydrogens (tertiary/aromatic N) is 2. The van der Waals surface area contributed by atoms with E-state index in [9.17, 15) is 4.79 Å². The molecule has 3 N–H and O–H groups in total. The zero-order chi connectivity index (χ0) is 17.3. The third kappa shape index (κ3) is 3.22. The number of fused-ring (bicyclic) bond motifs is 1. The van der Waals surface area contributed by atoms with Crippen LogP contribution in [-0.4, -0.2) is 35.5 Å². The molecule has 24 heavy (non-hydrogen) atoms. The molecule has 1 aliphatic rings. The topological polar surface area (TPSA) is 72.5 Å². The Morgan fingerprint density at radius 3 is 2.88 bits per heavy atom. The number of aryl methyl sites for hydroxylation is 1. The van der Waals surface area contributed by atoms with Gasteiger partial charge in [-0.05, 0) is 18.1 Å². The average molecular weight is 368 g/mol. The number of amidine groups is 1. The Morgan fingerprint density at radius 1 is 1.42 bits per heavy atom. The minimum Gasteiger partial charge on any atom is -0.357 e. The van der Waals surface area contributed by atoms with Gasteiger partial charge in [0.15, 0.2) is 0 Å². The molecule has 0 atom stereocenters. The van der Waals surface area contributed by atoms with Gasteiger partial charge >= 0.3 is 0 Å². The number of halogens is 2. The zero-order valence-corrected chi connectivity index (χ0v) is 15.1. The fourth-order valence-corrected chi connectivity index (χ4v) is 3.15. The molecule has 1 aromatic heterocycles. The summed E-state index contributed by atoms with van der Waals surface area (Å²) in [6.45, 7) is 2.97. The first-order chi connectivity index (χ1) is 11.5. The fraction of sp³-hybridized carbons (Fsp3) is 0.375. The highest BCUT2D eigenvalue weighted by Gasteiger charge is 2.20. The predicted octanol–water partition coefficient (Wildman–Crippen LogP) is 2.85. The molecule has 0 unspecified atom stereocenters. The first-order valence-electron chi connectivity index (χ1n) is 7.79. The molecule has 8 heteroatoms. The normalized spacial score (nSPS) is 14.8. The third-order valence-corrected chi connectivity index (χ3v) is 4.74. The first kappa shape index (κ1) is 17.1. The highest BCUT2D eigenvalue weighted by molar-refractivity contribution is 6.45. The van der Waals surface area contributed by atoms with E-state index in [1.54, 1.807) is 11.1 Å². The van der Waals surface area contributed by atoms with Gasteiger partial charge in [0, 0.05) is 24.7 Å². The molecule has 0 radical (unpaired) electrons. The van der Waals surface area contributed by atoms with Gasteiger partial charge in [-0.3, -0.25) is 10.2 Å². The van der Waals surface area contributed by atoms with Crippen LogP contribution in [-0.2, 0) is 17.8 Å². The number of H-pyrrole nitrogens is 1. The molecule has 2 aromatic rings. The van der Waals surface area contributed by atoms with E-state index in [1.165, 1.54) is 0 Å². The lowest BCUT2D eigenvalue weighted by atomic mass is 10.1. The summed E-state index contributed by atoms with van der Waals surface area (Å²) in [5.74, 6) is 0.103. The largest absolute Gasteiger partial charge is 0.357 e. The number of rotatable bonds is 5. The van der Waals surface area contributed by atoms with Crippen molar-refractivity contribution in [3.8, 4) is 0 Å². The number of benzene rings is 1. The van der Waals surface area contributed by atoms with Crippen molar-refractivity contribution in [2.45, 2.75) is 26.3 Å². The van der Waals surface area contributed by atoms with Crippen molar-refractivity contribution >= 4 is 45.8 Å². The highest BCUT2D eigenvalue weighted by atomic mass is 35.5. The summed E-state index contributed by atoms with van der Waals surface area (Å²) in [6.07, 6.45) is 1.86. The molecule has 0 bridgehead atoms. The molecule has 6 nitrogen and oxygen atoms in total. The molecule has 0 fully saturated rings. The van der Waals surface area contributed by atoms with Crippen LogP contribution in [0.2, 0.25) is 10.0 Å². The summed E-state index contributed by atoms with van der Waals surface area (Å²) < 4.78 is 0. The van der Waals surface area contributed by atoms with Gasteiger partial charge in [0.2, 0.25) is 5.84 Å². The number of aromatic nitrogens is 1. The SMILES string of the molecule is CCCc1[nH]c2c(Cl)c(Cl)ccc2c1CNC(=O)C1=NCN(C)N1.